The third-order valence-corrected chi connectivity index (χ3v) is 3.18. The minimum atomic E-state index is -1.47. The zero-order valence-electron chi connectivity index (χ0n) is 15.0. The molecule has 0 bridgehead atoms. The Labute approximate surface area is 159 Å². The van der Waals surface area contributed by atoms with E-state index in [1.807, 2.05) is 5.32 Å². The van der Waals surface area contributed by atoms with Crippen molar-refractivity contribution in [3.63, 3.8) is 0 Å². The fraction of sp³-hybridized carbons (Fsp3) is 0.571. The van der Waals surface area contributed by atoms with Crippen LogP contribution in [-0.2, 0) is 24.0 Å². The fourth-order valence-corrected chi connectivity index (χ4v) is 1.84. The molecule has 0 saturated carbocycles. The normalized spacial score (nSPS) is 12.2. The maximum atomic E-state index is 12.0. The quantitative estimate of drug-likeness (QED) is 0.0832. The van der Waals surface area contributed by atoms with E-state index in [9.17, 15) is 24.0 Å². The second-order valence-corrected chi connectivity index (χ2v) is 5.60. The largest absolute Gasteiger partial charge is 0.481 e. The van der Waals surface area contributed by atoms with E-state index >= 15 is 0 Å². The number of nitrogens with one attached hydrogen (secondary N) is 3. The molecule has 28 heavy (non-hydrogen) atoms. The van der Waals surface area contributed by atoms with Gasteiger partial charge in [-0.15, -0.1) is 0 Å². The van der Waals surface area contributed by atoms with Gasteiger partial charge in [-0.3, -0.25) is 29.0 Å². The zero-order valence-corrected chi connectivity index (χ0v) is 15.0. The predicted molar refractivity (Wildman–Crippen MR) is 95.7 cm³/mol. The number of carboxylic acid groups (broad SMARTS) is 2. The number of hydrogen-bond acceptors (Lipinski definition) is 7. The van der Waals surface area contributed by atoms with Crippen LogP contribution in [0, 0.1) is 0 Å². The smallest absolute Gasteiger partial charge is 0.322 e. The Balaban J connectivity index is 4.62. The van der Waals surface area contributed by atoms with E-state index in [0.717, 1.165) is 0 Å². The predicted octanol–water partition coefficient (Wildman–Crippen LogP) is -4.36. The number of aliphatic carboxylic acids is 2. The number of nitrogens with two attached hydrogens (primary N) is 3. The summed E-state index contributed by atoms with van der Waals surface area (Å²) in [5.41, 5.74) is 16.0. The molecule has 0 saturated heterocycles. The van der Waals surface area contributed by atoms with Crippen LogP contribution < -0.4 is 33.2 Å². The van der Waals surface area contributed by atoms with E-state index in [-0.39, 0.29) is 18.9 Å². The highest BCUT2D eigenvalue weighted by atomic mass is 16.4. The zero-order chi connectivity index (χ0) is 21.7. The second-order valence-electron chi connectivity index (χ2n) is 5.60. The molecule has 14 heteroatoms. The molecular formula is C14H25N7O7. The van der Waals surface area contributed by atoms with Crippen LogP contribution in [0.15, 0.2) is 4.99 Å². The molecule has 158 valence electrons. The third kappa shape index (κ3) is 12.0. The summed E-state index contributed by atoms with van der Waals surface area (Å²) in [5, 5.41) is 23.6. The number of carboxylic acids is 2. The first kappa shape index (κ1) is 24.6. The van der Waals surface area contributed by atoms with Gasteiger partial charge in [-0.05, 0) is 12.8 Å². The number of hydrogen-bond donors (Lipinski definition) is 8. The van der Waals surface area contributed by atoms with Crippen LogP contribution in [0.2, 0.25) is 0 Å². The maximum Gasteiger partial charge on any atom is 0.322 e. The third-order valence-electron chi connectivity index (χ3n) is 3.18. The number of aliphatic imine (C=N–C) groups is 1. The number of guanidine groups is 1. The summed E-state index contributed by atoms with van der Waals surface area (Å²) < 4.78 is 0. The minimum Gasteiger partial charge on any atom is -0.481 e. The summed E-state index contributed by atoms with van der Waals surface area (Å²) >= 11 is 0. The number of carbonyl (C=O) groups excluding carboxylic acids is 3. The van der Waals surface area contributed by atoms with E-state index in [2.05, 4.69) is 15.6 Å². The van der Waals surface area contributed by atoms with Crippen molar-refractivity contribution in [1.82, 2.24) is 16.0 Å². The Kier molecular flexibility index (Phi) is 11.3. The summed E-state index contributed by atoms with van der Waals surface area (Å²) in [4.78, 5) is 60.4. The lowest BCUT2D eigenvalue weighted by molar-refractivity contribution is -0.141. The van der Waals surface area contributed by atoms with Crippen molar-refractivity contribution in [3.8, 4) is 0 Å². The van der Waals surface area contributed by atoms with E-state index in [4.69, 9.17) is 27.4 Å². The molecular weight excluding hydrogens is 378 g/mol. The topological polar surface area (TPSA) is 252 Å². The van der Waals surface area contributed by atoms with Gasteiger partial charge in [0.25, 0.3) is 0 Å². The van der Waals surface area contributed by atoms with E-state index < -0.39 is 61.3 Å². The van der Waals surface area contributed by atoms with Gasteiger partial charge in [0, 0.05) is 6.54 Å². The van der Waals surface area contributed by atoms with Crippen LogP contribution in [0.4, 0.5) is 0 Å². The highest BCUT2D eigenvalue weighted by Crippen LogP contribution is 1.99. The van der Waals surface area contributed by atoms with Crippen molar-refractivity contribution in [2.45, 2.75) is 31.3 Å². The highest BCUT2D eigenvalue weighted by Gasteiger charge is 2.26. The Morgan fingerprint density at radius 3 is 2.11 bits per heavy atom. The molecule has 0 rings (SSSR count). The molecule has 0 spiro atoms. The SMILES string of the molecule is NC(N)=NCCCC(N)C(=O)NC(CC(=O)O)C(=O)NCC(=O)NCC(=O)O. The van der Waals surface area contributed by atoms with Crippen molar-refractivity contribution in [2.75, 3.05) is 19.6 Å². The lowest BCUT2D eigenvalue weighted by atomic mass is 10.1. The Bertz CT molecular complexity index is 619. The molecule has 0 aliphatic carbocycles. The Morgan fingerprint density at radius 1 is 0.929 bits per heavy atom. The van der Waals surface area contributed by atoms with Crippen LogP contribution in [0.1, 0.15) is 19.3 Å². The van der Waals surface area contributed by atoms with Crippen molar-refractivity contribution in [1.29, 1.82) is 0 Å². The van der Waals surface area contributed by atoms with Gasteiger partial charge in [-0.1, -0.05) is 0 Å². The van der Waals surface area contributed by atoms with Gasteiger partial charge in [0.2, 0.25) is 17.7 Å². The first-order valence-corrected chi connectivity index (χ1v) is 8.12. The molecule has 11 N–H and O–H groups in total. The van der Waals surface area contributed by atoms with Crippen LogP contribution >= 0.6 is 0 Å². The first-order chi connectivity index (χ1) is 13.0. The monoisotopic (exact) mass is 403 g/mol. The standard InChI is InChI=1S/C14H25N7O7/c15-7(2-1-3-18-14(16)17)12(27)21-8(4-10(23)24)13(28)20-5-9(22)19-6-11(25)26/h7-8H,1-6,15H2,(H,19,22)(H,20,28)(H,21,27)(H,23,24)(H,25,26)(H4,16,17,18). The lowest BCUT2D eigenvalue weighted by Gasteiger charge is -2.19. The van der Waals surface area contributed by atoms with Crippen LogP contribution in [0.3, 0.4) is 0 Å². The number of rotatable bonds is 13. The average Bonchev–Trinajstić information content (AvgIpc) is 2.59. The van der Waals surface area contributed by atoms with Gasteiger partial charge in [0.15, 0.2) is 5.96 Å². The second kappa shape index (κ2) is 12.9. The van der Waals surface area contributed by atoms with Gasteiger partial charge < -0.3 is 43.4 Å². The van der Waals surface area contributed by atoms with E-state index in [0.29, 0.717) is 6.42 Å². The molecule has 0 fully saturated rings. The van der Waals surface area contributed by atoms with Gasteiger partial charge >= 0.3 is 11.9 Å². The summed E-state index contributed by atoms with van der Waals surface area (Å²) in [5.74, 6) is -5.24. The molecule has 0 aliphatic heterocycles. The minimum absolute atomic E-state index is 0.108. The van der Waals surface area contributed by atoms with Crippen molar-refractivity contribution in [2.24, 2.45) is 22.2 Å². The highest BCUT2D eigenvalue weighted by molar-refractivity contribution is 5.94. The van der Waals surface area contributed by atoms with E-state index in [1.54, 1.807) is 0 Å². The van der Waals surface area contributed by atoms with Crippen LogP contribution in [0.25, 0.3) is 0 Å². The van der Waals surface area contributed by atoms with Crippen molar-refractivity contribution in [3.05, 3.63) is 0 Å². The summed E-state index contributed by atoms with van der Waals surface area (Å²) in [6.07, 6.45) is -0.178. The van der Waals surface area contributed by atoms with Crippen molar-refractivity contribution < 1.29 is 34.2 Å². The van der Waals surface area contributed by atoms with Gasteiger partial charge in [-0.25, -0.2) is 0 Å². The van der Waals surface area contributed by atoms with Crippen LogP contribution in [0.5, 0.6) is 0 Å². The Morgan fingerprint density at radius 2 is 1.57 bits per heavy atom. The molecule has 0 radical (unpaired) electrons. The maximum absolute atomic E-state index is 12.0. The molecule has 0 heterocycles. The lowest BCUT2D eigenvalue weighted by Crippen LogP contribution is -2.53. The molecule has 0 aliphatic rings. The molecule has 14 nitrogen and oxygen atoms in total. The number of carbonyl (C=O) groups is 5. The molecule has 0 aromatic heterocycles. The molecule has 2 unspecified atom stereocenters. The first-order valence-electron chi connectivity index (χ1n) is 8.12. The number of nitrogens with zero attached hydrogens (tertiary/aromatic N) is 1. The van der Waals surface area contributed by atoms with E-state index in [1.165, 1.54) is 0 Å². The molecule has 2 atom stereocenters. The van der Waals surface area contributed by atoms with Crippen LogP contribution in [-0.4, -0.2) is 77.6 Å². The fourth-order valence-electron chi connectivity index (χ4n) is 1.84. The molecule has 0 aromatic rings. The molecule has 3 amide bonds. The summed E-state index contributed by atoms with van der Waals surface area (Å²) in [7, 11) is 0. The average molecular weight is 403 g/mol. The van der Waals surface area contributed by atoms with Gasteiger partial charge in [0.05, 0.1) is 19.0 Å². The summed E-state index contributed by atoms with van der Waals surface area (Å²) in [6, 6.07) is -2.50. The van der Waals surface area contributed by atoms with Gasteiger partial charge in [0.1, 0.15) is 12.6 Å². The van der Waals surface area contributed by atoms with Gasteiger partial charge in [-0.2, -0.15) is 0 Å². The Hall–Kier alpha value is -3.42. The van der Waals surface area contributed by atoms with Crippen molar-refractivity contribution >= 4 is 35.6 Å². The number of amides is 3. The molecule has 0 aromatic carbocycles. The summed E-state index contributed by atoms with van der Waals surface area (Å²) in [6.45, 7) is -0.991.